The molecular formula is C13H23N3O2S. The zero-order valence-electron chi connectivity index (χ0n) is 11.8. The van der Waals surface area contributed by atoms with E-state index in [1.807, 2.05) is 13.8 Å². The van der Waals surface area contributed by atoms with Gasteiger partial charge in [0.2, 0.25) is 0 Å². The maximum atomic E-state index is 11.6. The SMILES string of the molecule is CCCc1cnc(NC(=O)NCCC(O)C(C)C)s1. The summed E-state index contributed by atoms with van der Waals surface area (Å²) < 4.78 is 0. The molecule has 0 aromatic carbocycles. The number of nitrogens with zero attached hydrogens (tertiary/aromatic N) is 1. The minimum Gasteiger partial charge on any atom is -0.393 e. The molecule has 1 aromatic rings. The molecule has 0 saturated carbocycles. The van der Waals surface area contributed by atoms with Crippen molar-refractivity contribution >= 4 is 22.5 Å². The molecule has 6 heteroatoms. The zero-order chi connectivity index (χ0) is 14.3. The number of nitrogens with one attached hydrogen (secondary N) is 2. The van der Waals surface area contributed by atoms with Crippen molar-refractivity contribution in [1.82, 2.24) is 10.3 Å². The molecule has 1 heterocycles. The van der Waals surface area contributed by atoms with Gasteiger partial charge in [-0.2, -0.15) is 0 Å². The Kier molecular flexibility index (Phi) is 6.80. The highest BCUT2D eigenvalue weighted by Crippen LogP contribution is 2.19. The van der Waals surface area contributed by atoms with Gasteiger partial charge < -0.3 is 10.4 Å². The van der Waals surface area contributed by atoms with E-state index in [1.165, 1.54) is 16.2 Å². The number of aliphatic hydroxyl groups excluding tert-OH is 1. The van der Waals surface area contributed by atoms with Crippen LogP contribution < -0.4 is 10.6 Å². The molecule has 5 nitrogen and oxygen atoms in total. The van der Waals surface area contributed by atoms with Crippen LogP contribution in [0.1, 0.15) is 38.5 Å². The number of amides is 2. The fourth-order valence-electron chi connectivity index (χ4n) is 1.54. The summed E-state index contributed by atoms with van der Waals surface area (Å²) in [7, 11) is 0. The van der Waals surface area contributed by atoms with E-state index in [1.54, 1.807) is 6.20 Å². The van der Waals surface area contributed by atoms with Crippen molar-refractivity contribution in [3.8, 4) is 0 Å². The highest BCUT2D eigenvalue weighted by Gasteiger charge is 2.10. The minimum atomic E-state index is -0.378. The van der Waals surface area contributed by atoms with Crippen molar-refractivity contribution in [2.75, 3.05) is 11.9 Å². The predicted octanol–water partition coefficient (Wildman–Crippen LogP) is 2.62. The van der Waals surface area contributed by atoms with Crippen LogP contribution in [-0.2, 0) is 6.42 Å². The molecule has 1 aromatic heterocycles. The molecule has 1 rings (SSSR count). The monoisotopic (exact) mass is 285 g/mol. The van der Waals surface area contributed by atoms with Gasteiger partial charge in [0.15, 0.2) is 5.13 Å². The lowest BCUT2D eigenvalue weighted by molar-refractivity contribution is 0.117. The second kappa shape index (κ2) is 8.12. The molecule has 0 aliphatic carbocycles. The normalized spacial score (nSPS) is 12.5. The van der Waals surface area contributed by atoms with E-state index >= 15 is 0 Å². The molecule has 0 saturated heterocycles. The van der Waals surface area contributed by atoms with E-state index in [-0.39, 0.29) is 18.1 Å². The summed E-state index contributed by atoms with van der Waals surface area (Å²) in [5.41, 5.74) is 0. The Labute approximate surface area is 118 Å². The summed E-state index contributed by atoms with van der Waals surface area (Å²) in [6.07, 6.45) is 4.04. The molecule has 0 spiro atoms. The predicted molar refractivity (Wildman–Crippen MR) is 78.6 cm³/mol. The molecule has 0 fully saturated rings. The Balaban J connectivity index is 2.26. The zero-order valence-corrected chi connectivity index (χ0v) is 12.6. The lowest BCUT2D eigenvalue weighted by Gasteiger charge is -2.14. The quantitative estimate of drug-likeness (QED) is 0.721. The van der Waals surface area contributed by atoms with Crippen molar-refractivity contribution in [1.29, 1.82) is 0 Å². The van der Waals surface area contributed by atoms with E-state index < -0.39 is 0 Å². The fraction of sp³-hybridized carbons (Fsp3) is 0.692. The third-order valence-electron chi connectivity index (χ3n) is 2.77. The van der Waals surface area contributed by atoms with Crippen LogP contribution in [0.4, 0.5) is 9.93 Å². The first-order valence-corrected chi connectivity index (χ1v) is 7.52. The van der Waals surface area contributed by atoms with Gasteiger partial charge in [-0.1, -0.05) is 27.2 Å². The number of urea groups is 1. The number of aliphatic hydroxyl groups is 1. The van der Waals surface area contributed by atoms with Crippen molar-refractivity contribution in [2.24, 2.45) is 5.92 Å². The van der Waals surface area contributed by atoms with E-state index in [4.69, 9.17) is 0 Å². The summed E-state index contributed by atoms with van der Waals surface area (Å²) in [5.74, 6) is 0.209. The van der Waals surface area contributed by atoms with Crippen LogP contribution in [0.15, 0.2) is 6.20 Å². The number of carbonyl (C=O) groups excluding carboxylic acids is 1. The van der Waals surface area contributed by atoms with Gasteiger partial charge in [0, 0.05) is 17.6 Å². The van der Waals surface area contributed by atoms with Gasteiger partial charge in [-0.25, -0.2) is 9.78 Å². The third-order valence-corrected chi connectivity index (χ3v) is 3.74. The Hall–Kier alpha value is -1.14. The van der Waals surface area contributed by atoms with Gasteiger partial charge in [0.05, 0.1) is 6.10 Å². The molecule has 0 aliphatic heterocycles. The van der Waals surface area contributed by atoms with Gasteiger partial charge in [-0.15, -0.1) is 11.3 Å². The topological polar surface area (TPSA) is 74.2 Å². The van der Waals surface area contributed by atoms with Crippen molar-refractivity contribution in [2.45, 2.75) is 46.1 Å². The van der Waals surface area contributed by atoms with Crippen LogP contribution in [0.25, 0.3) is 0 Å². The van der Waals surface area contributed by atoms with E-state index in [0.29, 0.717) is 18.1 Å². The second-order valence-corrected chi connectivity index (χ2v) is 5.98. The molecule has 19 heavy (non-hydrogen) atoms. The first-order chi connectivity index (χ1) is 9.02. The Morgan fingerprint density at radius 3 is 2.89 bits per heavy atom. The number of aromatic nitrogens is 1. The fourth-order valence-corrected chi connectivity index (χ4v) is 2.44. The average molecular weight is 285 g/mol. The van der Waals surface area contributed by atoms with E-state index in [0.717, 1.165) is 12.8 Å². The van der Waals surface area contributed by atoms with Crippen LogP contribution in [-0.4, -0.2) is 28.8 Å². The van der Waals surface area contributed by atoms with E-state index in [9.17, 15) is 9.90 Å². The number of carbonyl (C=O) groups is 1. The van der Waals surface area contributed by atoms with Crippen molar-refractivity contribution in [3.63, 3.8) is 0 Å². The van der Waals surface area contributed by atoms with Gasteiger partial charge in [0.25, 0.3) is 0 Å². The van der Waals surface area contributed by atoms with Gasteiger partial charge in [-0.05, 0) is 18.8 Å². The Morgan fingerprint density at radius 2 is 2.26 bits per heavy atom. The van der Waals surface area contributed by atoms with Crippen LogP contribution in [0.2, 0.25) is 0 Å². The summed E-state index contributed by atoms with van der Waals surface area (Å²) in [4.78, 5) is 16.9. The van der Waals surface area contributed by atoms with Crippen LogP contribution in [0.3, 0.4) is 0 Å². The molecule has 108 valence electrons. The van der Waals surface area contributed by atoms with Gasteiger partial charge >= 0.3 is 6.03 Å². The second-order valence-electron chi connectivity index (χ2n) is 4.86. The highest BCUT2D eigenvalue weighted by molar-refractivity contribution is 7.15. The Bertz CT molecular complexity index is 393. The van der Waals surface area contributed by atoms with Gasteiger partial charge in [-0.3, -0.25) is 5.32 Å². The molecule has 1 unspecified atom stereocenters. The Morgan fingerprint density at radius 1 is 1.53 bits per heavy atom. The summed E-state index contributed by atoms with van der Waals surface area (Å²) in [6.45, 7) is 6.48. The third kappa shape index (κ3) is 6.02. The molecule has 0 radical (unpaired) electrons. The average Bonchev–Trinajstić information content (AvgIpc) is 2.76. The first-order valence-electron chi connectivity index (χ1n) is 6.70. The molecule has 2 amide bonds. The molecule has 0 bridgehead atoms. The number of thiazole rings is 1. The smallest absolute Gasteiger partial charge is 0.321 e. The number of anilines is 1. The van der Waals surface area contributed by atoms with E-state index in [2.05, 4.69) is 22.5 Å². The van der Waals surface area contributed by atoms with Gasteiger partial charge in [0.1, 0.15) is 0 Å². The molecule has 3 N–H and O–H groups in total. The molecule has 1 atom stereocenters. The van der Waals surface area contributed by atoms with Crippen LogP contribution in [0, 0.1) is 5.92 Å². The maximum Gasteiger partial charge on any atom is 0.321 e. The minimum absolute atomic E-state index is 0.209. The van der Waals surface area contributed by atoms with Crippen molar-refractivity contribution < 1.29 is 9.90 Å². The largest absolute Gasteiger partial charge is 0.393 e. The summed E-state index contributed by atoms with van der Waals surface area (Å²) in [6, 6.07) is -0.270. The number of hydrogen-bond donors (Lipinski definition) is 3. The first kappa shape index (κ1) is 15.9. The maximum absolute atomic E-state index is 11.6. The molecular weight excluding hydrogens is 262 g/mol. The number of aryl methyl sites for hydroxylation is 1. The lowest BCUT2D eigenvalue weighted by atomic mass is 10.0. The number of hydrogen-bond acceptors (Lipinski definition) is 4. The lowest BCUT2D eigenvalue weighted by Crippen LogP contribution is -2.32. The number of rotatable bonds is 7. The van der Waals surface area contributed by atoms with Crippen LogP contribution in [0.5, 0.6) is 0 Å². The molecule has 0 aliphatic rings. The van der Waals surface area contributed by atoms with Crippen molar-refractivity contribution in [3.05, 3.63) is 11.1 Å². The van der Waals surface area contributed by atoms with Crippen LogP contribution >= 0.6 is 11.3 Å². The highest BCUT2D eigenvalue weighted by atomic mass is 32.1. The summed E-state index contributed by atoms with van der Waals surface area (Å²) in [5, 5.41) is 15.6. The summed E-state index contributed by atoms with van der Waals surface area (Å²) >= 11 is 1.50. The standard InChI is InChI=1S/C13H23N3O2S/c1-4-5-10-8-15-13(19-10)16-12(18)14-7-6-11(17)9(2)3/h8-9,11,17H,4-7H2,1-3H3,(H2,14,15,16,18).